The lowest BCUT2D eigenvalue weighted by atomic mass is 10.1. The molecule has 0 aliphatic carbocycles. The van der Waals surface area contributed by atoms with Gasteiger partial charge in [0.25, 0.3) is 10.2 Å². The van der Waals surface area contributed by atoms with Gasteiger partial charge in [0.05, 0.1) is 28.7 Å². The summed E-state index contributed by atoms with van der Waals surface area (Å²) in [7, 11) is -1.63. The lowest BCUT2D eigenvalue weighted by Crippen LogP contribution is -2.51. The van der Waals surface area contributed by atoms with Crippen molar-refractivity contribution in [3.05, 3.63) is 34.2 Å². The molecule has 0 amide bonds. The topological polar surface area (TPSA) is 115 Å². The average molecular weight is 531 g/mol. The summed E-state index contributed by atoms with van der Waals surface area (Å²) in [6, 6.07) is 6.13. The van der Waals surface area contributed by atoms with Gasteiger partial charge < -0.3 is 15.8 Å². The zero-order valence-electron chi connectivity index (χ0n) is 21.6. The van der Waals surface area contributed by atoms with Crippen LogP contribution in [0.4, 0.5) is 0 Å². The largest absolute Gasteiger partial charge is 0.365 e. The first-order chi connectivity index (χ1) is 17.9. The maximum atomic E-state index is 13.1. The molecule has 1 unspecified atom stereocenters. The van der Waals surface area contributed by atoms with Gasteiger partial charge in [0.1, 0.15) is 6.61 Å². The molecule has 1 atom stereocenters. The summed E-state index contributed by atoms with van der Waals surface area (Å²) in [5.74, 6) is 6.32. The van der Waals surface area contributed by atoms with Crippen LogP contribution in [0, 0.1) is 11.8 Å². The molecular weight excluding hydrogens is 492 g/mol. The number of fused-ring (bicyclic) bond motifs is 1. The van der Waals surface area contributed by atoms with Crippen molar-refractivity contribution >= 4 is 21.2 Å². The van der Waals surface area contributed by atoms with Crippen molar-refractivity contribution in [2.45, 2.75) is 56.7 Å². The first-order valence-electron chi connectivity index (χ1n) is 13.4. The molecule has 3 saturated heterocycles. The zero-order valence-corrected chi connectivity index (χ0v) is 22.4. The van der Waals surface area contributed by atoms with Crippen LogP contribution in [0.2, 0.25) is 0 Å². The molecule has 5 rings (SSSR count). The second kappa shape index (κ2) is 11.3. The highest BCUT2D eigenvalue weighted by Crippen LogP contribution is 2.24. The Kier molecular flexibility index (Phi) is 8.04. The number of hydrogen-bond acceptors (Lipinski definition) is 6. The summed E-state index contributed by atoms with van der Waals surface area (Å²) in [6.07, 6.45) is 4.75. The van der Waals surface area contributed by atoms with Crippen molar-refractivity contribution in [2.75, 3.05) is 45.9 Å². The van der Waals surface area contributed by atoms with E-state index in [0.717, 1.165) is 42.5 Å². The van der Waals surface area contributed by atoms with Gasteiger partial charge in [0.2, 0.25) is 0 Å². The summed E-state index contributed by atoms with van der Waals surface area (Å²) in [5.41, 5.74) is 8.49. The van der Waals surface area contributed by atoms with Crippen LogP contribution in [0.15, 0.2) is 23.0 Å². The first-order valence-corrected chi connectivity index (χ1v) is 14.8. The smallest absolute Gasteiger partial charge is 0.329 e. The average Bonchev–Trinajstić information content (AvgIpc) is 3.18. The second-order valence-electron chi connectivity index (χ2n) is 10.3. The number of ether oxygens (including phenoxy) is 1. The van der Waals surface area contributed by atoms with Gasteiger partial charge in [0.15, 0.2) is 0 Å². The predicted molar refractivity (Wildman–Crippen MR) is 143 cm³/mol. The first kappa shape index (κ1) is 26.4. The van der Waals surface area contributed by atoms with Crippen molar-refractivity contribution < 1.29 is 13.2 Å². The normalized spacial score (nSPS) is 23.2. The highest BCUT2D eigenvalue weighted by Gasteiger charge is 2.34. The molecule has 11 heteroatoms. The van der Waals surface area contributed by atoms with Crippen LogP contribution < -0.4 is 16.7 Å². The molecule has 2 aromatic rings. The van der Waals surface area contributed by atoms with Crippen molar-refractivity contribution in [1.82, 2.24) is 23.1 Å². The highest BCUT2D eigenvalue weighted by atomic mass is 32.2. The Balaban J connectivity index is 1.19. The standard InChI is InChI=1S/C26H38N6O4S/c1-29-25-20(5-2-8-24(25)32(26(29)33)22-7-3-13-28-19-22)6-4-18-36-23-11-16-31(17-12-23)37(34,35)30-14-9-21(27)10-15-30/h2,5,8,21-23,28H,3,7,9-19,27H2,1H3. The van der Waals surface area contributed by atoms with E-state index in [9.17, 15) is 13.2 Å². The number of nitrogens with two attached hydrogens (primary N) is 1. The number of benzene rings is 1. The fraction of sp³-hybridized carbons (Fsp3) is 0.654. The second-order valence-corrected chi connectivity index (χ2v) is 12.3. The van der Waals surface area contributed by atoms with Gasteiger partial charge in [-0.15, -0.1) is 0 Å². The van der Waals surface area contributed by atoms with Crippen LogP contribution in [0.3, 0.4) is 0 Å². The van der Waals surface area contributed by atoms with E-state index < -0.39 is 10.2 Å². The van der Waals surface area contributed by atoms with Crippen LogP contribution >= 0.6 is 0 Å². The number of aromatic nitrogens is 2. The number of hydrogen-bond donors (Lipinski definition) is 2. The van der Waals surface area contributed by atoms with Crippen LogP contribution in [0.5, 0.6) is 0 Å². The Bertz CT molecular complexity index is 1320. The molecule has 3 N–H and O–H groups in total. The lowest BCUT2D eigenvalue weighted by Gasteiger charge is -2.37. The van der Waals surface area contributed by atoms with Crippen LogP contribution in [0.1, 0.15) is 50.1 Å². The summed E-state index contributed by atoms with van der Waals surface area (Å²) in [4.78, 5) is 13.1. The monoisotopic (exact) mass is 530 g/mol. The van der Waals surface area contributed by atoms with Crippen molar-refractivity contribution in [3.8, 4) is 11.8 Å². The van der Waals surface area contributed by atoms with E-state index >= 15 is 0 Å². The third-order valence-electron chi connectivity index (χ3n) is 7.91. The molecule has 1 aromatic heterocycles. The van der Waals surface area contributed by atoms with Gasteiger partial charge in [-0.05, 0) is 57.2 Å². The molecule has 37 heavy (non-hydrogen) atoms. The Morgan fingerprint density at radius 1 is 1.08 bits per heavy atom. The van der Waals surface area contributed by atoms with Crippen molar-refractivity contribution in [3.63, 3.8) is 0 Å². The SMILES string of the molecule is Cn1c(=O)n(C2CCCNC2)c2cccc(C#CCOC3CCN(S(=O)(=O)N4CCC(N)CC4)CC3)c21. The van der Waals surface area contributed by atoms with E-state index in [-0.39, 0.29) is 30.5 Å². The van der Waals surface area contributed by atoms with E-state index in [1.54, 1.807) is 20.2 Å². The fourth-order valence-corrected chi connectivity index (χ4v) is 7.41. The molecular formula is C26H38N6O4S. The molecule has 0 saturated carbocycles. The Hall–Kier alpha value is -2.20. The number of piperidine rings is 3. The molecule has 202 valence electrons. The number of para-hydroxylation sites is 1. The Morgan fingerprint density at radius 3 is 2.46 bits per heavy atom. The number of imidazole rings is 1. The van der Waals surface area contributed by atoms with Crippen LogP contribution in [-0.2, 0) is 22.0 Å². The van der Waals surface area contributed by atoms with Gasteiger partial charge in [-0.3, -0.25) is 9.13 Å². The molecule has 0 spiro atoms. The minimum absolute atomic E-state index is 0.0108. The van der Waals surface area contributed by atoms with E-state index in [1.807, 2.05) is 22.8 Å². The lowest BCUT2D eigenvalue weighted by molar-refractivity contribution is 0.0397. The maximum absolute atomic E-state index is 13.1. The third kappa shape index (κ3) is 5.50. The van der Waals surface area contributed by atoms with Gasteiger partial charge in [0, 0.05) is 45.8 Å². The predicted octanol–water partition coefficient (Wildman–Crippen LogP) is 0.765. The summed E-state index contributed by atoms with van der Waals surface area (Å²) in [5, 5.41) is 3.39. The third-order valence-corrected chi connectivity index (χ3v) is 9.94. The van der Waals surface area contributed by atoms with Gasteiger partial charge in [-0.2, -0.15) is 17.0 Å². The molecule has 1 aromatic carbocycles. The van der Waals surface area contributed by atoms with E-state index in [2.05, 4.69) is 17.2 Å². The van der Waals surface area contributed by atoms with Gasteiger partial charge in [-0.25, -0.2) is 4.79 Å². The van der Waals surface area contributed by atoms with Crippen LogP contribution in [0.25, 0.3) is 11.0 Å². The van der Waals surface area contributed by atoms with E-state index in [1.165, 1.54) is 0 Å². The number of nitrogens with one attached hydrogen (secondary N) is 1. The molecule has 3 fully saturated rings. The fourth-order valence-electron chi connectivity index (χ4n) is 5.74. The molecule has 3 aliphatic heterocycles. The summed E-state index contributed by atoms with van der Waals surface area (Å²) < 4.78 is 38.6. The number of rotatable bonds is 5. The van der Waals surface area contributed by atoms with Gasteiger partial charge in [-0.1, -0.05) is 17.9 Å². The highest BCUT2D eigenvalue weighted by molar-refractivity contribution is 7.86. The Labute approximate surface area is 218 Å². The maximum Gasteiger partial charge on any atom is 0.329 e. The van der Waals surface area contributed by atoms with E-state index in [0.29, 0.717) is 51.9 Å². The van der Waals surface area contributed by atoms with Crippen molar-refractivity contribution in [2.24, 2.45) is 12.8 Å². The molecule has 0 radical (unpaired) electrons. The molecule has 4 heterocycles. The van der Waals surface area contributed by atoms with Gasteiger partial charge >= 0.3 is 5.69 Å². The zero-order chi connectivity index (χ0) is 26.0. The summed E-state index contributed by atoms with van der Waals surface area (Å²) in [6.45, 7) is 3.95. The Morgan fingerprint density at radius 2 is 1.78 bits per heavy atom. The molecule has 0 bridgehead atoms. The molecule has 10 nitrogen and oxygen atoms in total. The van der Waals surface area contributed by atoms with E-state index in [4.69, 9.17) is 10.5 Å². The minimum Gasteiger partial charge on any atom is -0.365 e. The summed E-state index contributed by atoms with van der Waals surface area (Å²) >= 11 is 0. The van der Waals surface area contributed by atoms with Crippen molar-refractivity contribution in [1.29, 1.82) is 0 Å². The van der Waals surface area contributed by atoms with Crippen LogP contribution in [-0.4, -0.2) is 84.2 Å². The number of nitrogens with zero attached hydrogens (tertiary/aromatic N) is 4. The number of aryl methyl sites for hydroxylation is 1. The minimum atomic E-state index is -3.43. The molecule has 3 aliphatic rings. The quantitative estimate of drug-likeness (QED) is 0.552.